The Morgan fingerprint density at radius 2 is 1.80 bits per heavy atom. The lowest BCUT2D eigenvalue weighted by atomic mass is 9.93. The predicted molar refractivity (Wildman–Crippen MR) is 172 cm³/mol. The van der Waals surface area contributed by atoms with E-state index in [-0.39, 0.29) is 39.0 Å². The molecule has 2 saturated heterocycles. The van der Waals surface area contributed by atoms with Gasteiger partial charge in [-0.05, 0) is 25.3 Å². The molecule has 0 bridgehead atoms. The Hall–Kier alpha value is -5.06. The Balaban J connectivity index is 1.16. The number of carbonyl (C=O) groups is 6. The van der Waals surface area contributed by atoms with Crippen LogP contribution >= 0.6 is 0 Å². The molecule has 18 heteroatoms. The van der Waals surface area contributed by atoms with Gasteiger partial charge in [-0.1, -0.05) is 36.4 Å². The van der Waals surface area contributed by atoms with E-state index in [0.29, 0.717) is 5.56 Å². The van der Waals surface area contributed by atoms with Gasteiger partial charge in [0.05, 0.1) is 25.6 Å². The van der Waals surface area contributed by atoms with Crippen LogP contribution in [-0.2, 0) is 33.4 Å². The normalized spacial score (nSPS) is 24.5. The van der Waals surface area contributed by atoms with Crippen LogP contribution in [0.1, 0.15) is 37.9 Å². The van der Waals surface area contributed by atoms with E-state index in [1.54, 1.807) is 30.3 Å². The Morgan fingerprint density at radius 1 is 1.06 bits per heavy atom. The monoisotopic (exact) mass is 699 g/mol. The Labute approximate surface area is 287 Å². The summed E-state index contributed by atoms with van der Waals surface area (Å²) in [5.41, 5.74) is 6.02. The highest BCUT2D eigenvalue weighted by atomic mass is 16.6. The lowest BCUT2D eigenvalue weighted by molar-refractivity contribution is -0.135. The number of rotatable bonds is 16. The number of hydrazine groups is 1. The molecular formula is C32H41N7O11. The molecule has 270 valence electrons. The number of terminal acetylenes is 1. The quantitative estimate of drug-likeness (QED) is 0.0382. The number of nitrogens with one attached hydrogen (secondary N) is 7. The maximum absolute atomic E-state index is 12.8. The third-order valence-corrected chi connectivity index (χ3v) is 8.01. The van der Waals surface area contributed by atoms with Gasteiger partial charge in [0.2, 0.25) is 23.6 Å². The van der Waals surface area contributed by atoms with E-state index in [4.69, 9.17) is 20.6 Å². The van der Waals surface area contributed by atoms with E-state index in [1.165, 1.54) is 6.08 Å². The van der Waals surface area contributed by atoms with Crippen LogP contribution in [0.25, 0.3) is 0 Å². The lowest BCUT2D eigenvalue weighted by Gasteiger charge is -2.24. The summed E-state index contributed by atoms with van der Waals surface area (Å²) < 4.78 is 16.4. The largest absolute Gasteiger partial charge is 0.450 e. The predicted octanol–water partition coefficient (Wildman–Crippen LogP) is -2.27. The van der Waals surface area contributed by atoms with Crippen LogP contribution < -0.4 is 37.4 Å². The molecule has 3 heterocycles. The molecule has 7 unspecified atom stereocenters. The molecule has 6 amide bonds. The van der Waals surface area contributed by atoms with Crippen molar-refractivity contribution in [1.82, 2.24) is 37.4 Å². The van der Waals surface area contributed by atoms with Crippen LogP contribution in [0.2, 0.25) is 0 Å². The lowest BCUT2D eigenvalue weighted by Crippen LogP contribution is -2.49. The van der Waals surface area contributed by atoms with E-state index < -0.39 is 90.5 Å². The minimum absolute atomic E-state index is 0.0578. The smallest absolute Gasteiger partial charge is 0.408 e. The molecule has 3 aliphatic heterocycles. The fraction of sp³-hybridized carbons (Fsp3) is 0.500. The topological polar surface area (TPSA) is 275 Å². The second kappa shape index (κ2) is 17.6. The number of imide groups is 1. The highest BCUT2D eigenvalue weighted by Gasteiger charge is 2.48. The van der Waals surface area contributed by atoms with Gasteiger partial charge in [0, 0.05) is 19.0 Å². The highest BCUT2D eigenvalue weighted by molar-refractivity contribution is 6.05. The molecule has 0 saturated carbocycles. The molecular weight excluding hydrogens is 658 g/mol. The van der Waals surface area contributed by atoms with E-state index in [2.05, 4.69) is 43.4 Å². The van der Waals surface area contributed by atoms with Crippen LogP contribution in [0.15, 0.2) is 42.5 Å². The third-order valence-electron chi connectivity index (χ3n) is 8.01. The Kier molecular flexibility index (Phi) is 13.3. The van der Waals surface area contributed by atoms with E-state index in [0.717, 1.165) is 6.08 Å². The fourth-order valence-electron chi connectivity index (χ4n) is 5.12. The van der Waals surface area contributed by atoms with Crippen molar-refractivity contribution in [3.05, 3.63) is 48.0 Å². The highest BCUT2D eigenvalue weighted by Crippen LogP contribution is 2.28. The minimum Gasteiger partial charge on any atom is -0.450 e. The van der Waals surface area contributed by atoms with Gasteiger partial charge < -0.3 is 45.7 Å². The number of aliphatic hydroxyl groups is 2. The number of carbonyl (C=O) groups excluding carboxylic acids is 6. The summed E-state index contributed by atoms with van der Waals surface area (Å²) in [5, 5.41) is 32.8. The zero-order valence-corrected chi connectivity index (χ0v) is 27.2. The molecule has 18 nitrogen and oxygen atoms in total. The van der Waals surface area contributed by atoms with Crippen molar-refractivity contribution < 1.29 is 53.2 Å². The number of hydrogen-bond acceptors (Lipinski definition) is 13. The first kappa shape index (κ1) is 37.8. The average molecular weight is 700 g/mol. The van der Waals surface area contributed by atoms with Crippen molar-refractivity contribution in [1.29, 1.82) is 0 Å². The van der Waals surface area contributed by atoms with Crippen LogP contribution in [0.5, 0.6) is 0 Å². The van der Waals surface area contributed by atoms with Crippen molar-refractivity contribution in [2.24, 2.45) is 5.92 Å². The summed E-state index contributed by atoms with van der Waals surface area (Å²) in [7, 11) is 0. The maximum atomic E-state index is 12.8. The number of aliphatic hydroxyl groups excluding tert-OH is 2. The van der Waals surface area contributed by atoms with Crippen molar-refractivity contribution >= 4 is 35.8 Å². The van der Waals surface area contributed by atoms with Crippen molar-refractivity contribution in [2.45, 2.75) is 68.4 Å². The summed E-state index contributed by atoms with van der Waals surface area (Å²) in [6.07, 6.45) is 0.682. The summed E-state index contributed by atoms with van der Waals surface area (Å²) in [5.74, 6) is -1.05. The second-order valence-corrected chi connectivity index (χ2v) is 12.0. The standard InChI is InChI=1S/C32H41N7O11/c1-3-8-20(29(45)35-17-32(2)38-39-32)36-31(47)50-21(18-9-5-4-6-10-18)11-7-14-48-30(46)34-16-24(41)33-15-22-25(42)26(43)27(49-22)19-12-13-23(40)37-28(19)44/h1,4-6,9-10,12-13,19-22,25-27,38-39,42-43H,7-8,11,14-17H2,2H3,(H,33,41)(H,34,46)(H,35,45)(H,36,47)(H,37,40,44). The molecule has 4 rings (SSSR count). The zero-order valence-electron chi connectivity index (χ0n) is 27.2. The number of hydrogen-bond donors (Lipinski definition) is 9. The molecule has 0 aliphatic carbocycles. The van der Waals surface area contributed by atoms with Gasteiger partial charge in [-0.2, -0.15) is 0 Å². The van der Waals surface area contributed by atoms with Gasteiger partial charge in [0.1, 0.15) is 42.2 Å². The maximum Gasteiger partial charge on any atom is 0.408 e. The molecule has 1 aromatic carbocycles. The first-order valence-electron chi connectivity index (χ1n) is 15.9. The van der Waals surface area contributed by atoms with Crippen LogP contribution in [-0.4, -0.2) is 108 Å². The zero-order chi connectivity index (χ0) is 36.3. The summed E-state index contributed by atoms with van der Waals surface area (Å²) in [6, 6.07) is 7.82. The van der Waals surface area contributed by atoms with E-state index >= 15 is 0 Å². The number of alkyl carbamates (subject to hydrolysis) is 2. The molecule has 0 aromatic heterocycles. The third kappa shape index (κ3) is 11.0. The molecule has 2 fully saturated rings. The van der Waals surface area contributed by atoms with Gasteiger partial charge in [0.25, 0.3) is 0 Å². The van der Waals surface area contributed by atoms with Crippen molar-refractivity contribution in [3.63, 3.8) is 0 Å². The molecule has 3 aliphatic rings. The van der Waals surface area contributed by atoms with Gasteiger partial charge >= 0.3 is 12.2 Å². The van der Waals surface area contributed by atoms with E-state index in [1.807, 2.05) is 6.92 Å². The molecule has 1 aromatic rings. The summed E-state index contributed by atoms with van der Waals surface area (Å²) in [6.45, 7) is 1.32. The summed E-state index contributed by atoms with van der Waals surface area (Å²) >= 11 is 0. The minimum atomic E-state index is -1.45. The van der Waals surface area contributed by atoms with Crippen LogP contribution in [0.4, 0.5) is 9.59 Å². The second-order valence-electron chi connectivity index (χ2n) is 12.0. The van der Waals surface area contributed by atoms with Crippen LogP contribution in [0, 0.1) is 18.3 Å². The molecule has 0 spiro atoms. The number of benzene rings is 1. The SMILES string of the molecule is C#CCC(NC(=O)OC(CCCOC(=O)NCC(=O)NCC1OC(C2C=CC(=O)NC2=O)C(O)C1O)c1ccccc1)C(=O)NCC1(C)NN1. The average Bonchev–Trinajstić information content (AvgIpc) is 3.77. The number of ether oxygens (including phenoxy) is 3. The fourth-order valence-corrected chi connectivity index (χ4v) is 5.12. The van der Waals surface area contributed by atoms with Gasteiger partial charge in [-0.3, -0.25) is 24.5 Å². The van der Waals surface area contributed by atoms with Crippen molar-refractivity contribution in [2.75, 3.05) is 26.2 Å². The Morgan fingerprint density at radius 3 is 2.48 bits per heavy atom. The Bertz CT molecular complexity index is 1480. The van der Waals surface area contributed by atoms with Gasteiger partial charge in [0.15, 0.2) is 0 Å². The number of amides is 6. The van der Waals surface area contributed by atoms with E-state index in [9.17, 15) is 39.0 Å². The molecule has 50 heavy (non-hydrogen) atoms. The first-order valence-corrected chi connectivity index (χ1v) is 15.9. The summed E-state index contributed by atoms with van der Waals surface area (Å²) in [4.78, 5) is 73.3. The van der Waals surface area contributed by atoms with Gasteiger partial charge in [-0.15, -0.1) is 12.3 Å². The van der Waals surface area contributed by atoms with Crippen LogP contribution in [0.3, 0.4) is 0 Å². The van der Waals surface area contributed by atoms with Crippen molar-refractivity contribution in [3.8, 4) is 12.3 Å². The van der Waals surface area contributed by atoms with Gasteiger partial charge in [-0.25, -0.2) is 20.4 Å². The molecule has 9 N–H and O–H groups in total. The molecule has 0 radical (unpaired) electrons. The first-order chi connectivity index (χ1) is 23.9. The molecule has 7 atom stereocenters.